The van der Waals surface area contributed by atoms with Gasteiger partial charge in [0.15, 0.2) is 0 Å². The number of anilines is 1. The minimum absolute atomic E-state index is 0.0253. The van der Waals surface area contributed by atoms with E-state index in [0.29, 0.717) is 13.0 Å². The molecule has 1 aliphatic rings. The third kappa shape index (κ3) is 2.21. The van der Waals surface area contributed by atoms with Crippen molar-refractivity contribution < 1.29 is 4.79 Å². The predicted molar refractivity (Wildman–Crippen MR) is 80.5 cm³/mol. The second-order valence-electron chi connectivity index (χ2n) is 5.07. The molecule has 0 aliphatic carbocycles. The van der Waals surface area contributed by atoms with Crippen molar-refractivity contribution in [1.82, 2.24) is 0 Å². The zero-order chi connectivity index (χ0) is 13.9. The van der Waals surface area contributed by atoms with Crippen LogP contribution in [0.5, 0.6) is 0 Å². The number of carbonyl (C=O) groups is 1. The van der Waals surface area contributed by atoms with E-state index in [-0.39, 0.29) is 11.9 Å². The van der Waals surface area contributed by atoms with E-state index in [1.54, 1.807) is 0 Å². The molecule has 3 rings (SSSR count). The van der Waals surface area contributed by atoms with Crippen LogP contribution in [0.4, 0.5) is 5.69 Å². The Kier molecular flexibility index (Phi) is 3.52. The standard InChI is InChI=1S/C17H18N2O/c18-11-10-16(13-6-2-1-3-7-13)19-15-9-5-4-8-14(15)12-17(19)20/h1-9,16H,10-12,18H2. The molecule has 1 unspecified atom stereocenters. The fraction of sp³-hybridized carbons (Fsp3) is 0.235. The smallest absolute Gasteiger partial charge is 0.232 e. The molecule has 0 aromatic heterocycles. The maximum Gasteiger partial charge on any atom is 0.232 e. The monoisotopic (exact) mass is 266 g/mol. The lowest BCUT2D eigenvalue weighted by molar-refractivity contribution is -0.117. The van der Waals surface area contributed by atoms with Crippen LogP contribution < -0.4 is 10.6 Å². The summed E-state index contributed by atoms with van der Waals surface area (Å²) in [5.74, 6) is 0.161. The van der Waals surface area contributed by atoms with Gasteiger partial charge < -0.3 is 10.6 Å². The molecular formula is C17H18N2O. The number of nitrogens with zero attached hydrogens (tertiary/aromatic N) is 1. The first kappa shape index (κ1) is 12.9. The van der Waals surface area contributed by atoms with E-state index in [2.05, 4.69) is 12.1 Å². The van der Waals surface area contributed by atoms with E-state index >= 15 is 0 Å². The van der Waals surface area contributed by atoms with E-state index in [1.807, 2.05) is 47.4 Å². The van der Waals surface area contributed by atoms with Gasteiger partial charge in [-0.1, -0.05) is 48.5 Å². The molecule has 1 amide bonds. The molecule has 0 saturated heterocycles. The summed E-state index contributed by atoms with van der Waals surface area (Å²) in [4.78, 5) is 14.3. The number of hydrogen-bond acceptors (Lipinski definition) is 2. The Balaban J connectivity index is 2.02. The van der Waals surface area contributed by atoms with Crippen LogP contribution >= 0.6 is 0 Å². The highest BCUT2D eigenvalue weighted by molar-refractivity contribution is 6.02. The SMILES string of the molecule is NCCC(c1ccccc1)N1C(=O)Cc2ccccc21. The number of fused-ring (bicyclic) bond motifs is 1. The van der Waals surface area contributed by atoms with Crippen molar-refractivity contribution in [2.75, 3.05) is 11.4 Å². The molecule has 2 aromatic carbocycles. The summed E-state index contributed by atoms with van der Waals surface area (Å²) in [6.45, 7) is 0.561. The molecule has 20 heavy (non-hydrogen) atoms. The molecule has 0 bridgehead atoms. The van der Waals surface area contributed by atoms with Gasteiger partial charge in [0.25, 0.3) is 0 Å². The first-order chi connectivity index (χ1) is 9.81. The quantitative estimate of drug-likeness (QED) is 0.924. The zero-order valence-electron chi connectivity index (χ0n) is 11.3. The van der Waals surface area contributed by atoms with Crippen LogP contribution in [-0.4, -0.2) is 12.5 Å². The highest BCUT2D eigenvalue weighted by atomic mass is 16.2. The van der Waals surface area contributed by atoms with E-state index in [4.69, 9.17) is 5.73 Å². The highest BCUT2D eigenvalue weighted by Crippen LogP contribution is 2.37. The molecule has 0 radical (unpaired) electrons. The summed E-state index contributed by atoms with van der Waals surface area (Å²) in [6, 6.07) is 18.2. The molecule has 0 spiro atoms. The van der Waals surface area contributed by atoms with Crippen molar-refractivity contribution in [2.45, 2.75) is 18.9 Å². The Hall–Kier alpha value is -2.13. The Morgan fingerprint density at radius 2 is 1.75 bits per heavy atom. The Labute approximate surface area is 119 Å². The maximum absolute atomic E-state index is 12.4. The third-order valence-electron chi connectivity index (χ3n) is 3.80. The fourth-order valence-corrected chi connectivity index (χ4v) is 2.90. The van der Waals surface area contributed by atoms with Gasteiger partial charge in [0.1, 0.15) is 0 Å². The maximum atomic E-state index is 12.4. The van der Waals surface area contributed by atoms with Gasteiger partial charge >= 0.3 is 0 Å². The van der Waals surface area contributed by atoms with Gasteiger partial charge in [-0.15, -0.1) is 0 Å². The average Bonchev–Trinajstić information content (AvgIpc) is 2.82. The number of carbonyl (C=O) groups excluding carboxylic acids is 1. The largest absolute Gasteiger partial charge is 0.330 e. The van der Waals surface area contributed by atoms with Crippen molar-refractivity contribution in [3.8, 4) is 0 Å². The number of nitrogens with two attached hydrogens (primary N) is 1. The van der Waals surface area contributed by atoms with E-state index in [1.165, 1.54) is 0 Å². The average molecular weight is 266 g/mol. The number of rotatable bonds is 4. The molecule has 3 heteroatoms. The van der Waals surface area contributed by atoms with Crippen molar-refractivity contribution >= 4 is 11.6 Å². The van der Waals surface area contributed by atoms with Crippen molar-refractivity contribution in [3.63, 3.8) is 0 Å². The van der Waals surface area contributed by atoms with Crippen LogP contribution in [0.25, 0.3) is 0 Å². The number of para-hydroxylation sites is 1. The lowest BCUT2D eigenvalue weighted by atomic mass is 10.0. The number of benzene rings is 2. The normalized spacial score (nSPS) is 15.2. The Bertz CT molecular complexity index is 609. The number of amides is 1. The van der Waals surface area contributed by atoms with Crippen LogP contribution in [0.3, 0.4) is 0 Å². The van der Waals surface area contributed by atoms with E-state index in [0.717, 1.165) is 23.2 Å². The molecule has 0 saturated carbocycles. The fourth-order valence-electron chi connectivity index (χ4n) is 2.90. The molecule has 1 heterocycles. The summed E-state index contributed by atoms with van der Waals surface area (Å²) in [5.41, 5.74) is 9.04. The first-order valence-corrected chi connectivity index (χ1v) is 6.96. The van der Waals surface area contributed by atoms with Gasteiger partial charge in [-0.2, -0.15) is 0 Å². The predicted octanol–water partition coefficient (Wildman–Crippen LogP) is 2.67. The molecule has 2 aromatic rings. The second kappa shape index (κ2) is 5.47. The van der Waals surface area contributed by atoms with Gasteiger partial charge in [-0.25, -0.2) is 0 Å². The van der Waals surface area contributed by atoms with E-state index < -0.39 is 0 Å². The van der Waals surface area contributed by atoms with Gasteiger partial charge in [-0.05, 0) is 30.2 Å². The van der Waals surface area contributed by atoms with Crippen molar-refractivity contribution in [1.29, 1.82) is 0 Å². The lowest BCUT2D eigenvalue weighted by Gasteiger charge is -2.29. The molecule has 0 fully saturated rings. The van der Waals surface area contributed by atoms with Gasteiger partial charge in [0.05, 0.1) is 12.5 Å². The van der Waals surface area contributed by atoms with E-state index in [9.17, 15) is 4.79 Å². The minimum Gasteiger partial charge on any atom is -0.330 e. The molecule has 1 aliphatic heterocycles. The molecular weight excluding hydrogens is 248 g/mol. The minimum atomic E-state index is 0.0253. The Morgan fingerprint density at radius 1 is 1.05 bits per heavy atom. The molecule has 102 valence electrons. The lowest BCUT2D eigenvalue weighted by Crippen LogP contribution is -2.33. The first-order valence-electron chi connectivity index (χ1n) is 6.96. The number of hydrogen-bond donors (Lipinski definition) is 1. The van der Waals surface area contributed by atoms with Crippen LogP contribution in [0.1, 0.15) is 23.6 Å². The third-order valence-corrected chi connectivity index (χ3v) is 3.80. The summed E-state index contributed by atoms with van der Waals surface area (Å²) in [5, 5.41) is 0. The van der Waals surface area contributed by atoms with Gasteiger partial charge in [0, 0.05) is 5.69 Å². The topological polar surface area (TPSA) is 46.3 Å². The summed E-state index contributed by atoms with van der Waals surface area (Å²) < 4.78 is 0. The molecule has 2 N–H and O–H groups in total. The second-order valence-corrected chi connectivity index (χ2v) is 5.07. The Morgan fingerprint density at radius 3 is 2.50 bits per heavy atom. The summed E-state index contributed by atoms with van der Waals surface area (Å²) in [7, 11) is 0. The summed E-state index contributed by atoms with van der Waals surface area (Å²) in [6.07, 6.45) is 1.26. The molecule has 1 atom stereocenters. The van der Waals surface area contributed by atoms with Crippen LogP contribution in [-0.2, 0) is 11.2 Å². The van der Waals surface area contributed by atoms with Gasteiger partial charge in [-0.3, -0.25) is 4.79 Å². The van der Waals surface area contributed by atoms with Crippen LogP contribution in [0.15, 0.2) is 54.6 Å². The highest BCUT2D eigenvalue weighted by Gasteiger charge is 2.32. The van der Waals surface area contributed by atoms with Crippen LogP contribution in [0, 0.1) is 0 Å². The van der Waals surface area contributed by atoms with Crippen molar-refractivity contribution in [2.24, 2.45) is 5.73 Å². The summed E-state index contributed by atoms with van der Waals surface area (Å²) >= 11 is 0. The molecule has 3 nitrogen and oxygen atoms in total. The van der Waals surface area contributed by atoms with Crippen LogP contribution in [0.2, 0.25) is 0 Å². The van der Waals surface area contributed by atoms with Gasteiger partial charge in [0.2, 0.25) is 5.91 Å². The zero-order valence-corrected chi connectivity index (χ0v) is 11.3. The van der Waals surface area contributed by atoms with Crippen molar-refractivity contribution in [3.05, 3.63) is 65.7 Å².